The van der Waals surface area contributed by atoms with Gasteiger partial charge >= 0.3 is 0 Å². The first-order valence-corrected chi connectivity index (χ1v) is 6.42. The summed E-state index contributed by atoms with van der Waals surface area (Å²) in [5.41, 5.74) is 5.76. The fourth-order valence-corrected chi connectivity index (χ4v) is 1.75. The molecule has 0 saturated carbocycles. The molecule has 1 amide bonds. The molecule has 6 nitrogen and oxygen atoms in total. The highest BCUT2D eigenvalue weighted by atomic mass is 79.9. The van der Waals surface area contributed by atoms with Crippen molar-refractivity contribution in [2.75, 3.05) is 6.54 Å². The fraction of sp³-hybridized carbons (Fsp3) is 0.333. The van der Waals surface area contributed by atoms with Gasteiger partial charge in [0.1, 0.15) is 5.75 Å². The Labute approximate surface area is 119 Å². The lowest BCUT2D eigenvalue weighted by Gasteiger charge is -2.26. The van der Waals surface area contributed by atoms with Crippen molar-refractivity contribution in [1.29, 1.82) is 0 Å². The maximum atomic E-state index is 12.3. The number of nitrogens with zero attached hydrogens (tertiary/aromatic N) is 2. The molecule has 1 aromatic rings. The minimum absolute atomic E-state index is 0.0154. The summed E-state index contributed by atoms with van der Waals surface area (Å²) in [4.78, 5) is 13.8. The molecule has 0 aromatic heterocycles. The maximum Gasteiger partial charge on any atom is 0.254 e. The van der Waals surface area contributed by atoms with Crippen molar-refractivity contribution in [2.45, 2.75) is 19.9 Å². The number of hydrogen-bond acceptors (Lipinski definition) is 4. The van der Waals surface area contributed by atoms with Gasteiger partial charge in [0.15, 0.2) is 5.84 Å². The molecule has 19 heavy (non-hydrogen) atoms. The SMILES string of the molecule is CC(C)N(C/C(N)=N/O)C(=O)c1ccc(Br)c(O)c1. The van der Waals surface area contributed by atoms with Gasteiger partial charge < -0.3 is 20.9 Å². The van der Waals surface area contributed by atoms with Crippen LogP contribution in [0.4, 0.5) is 0 Å². The first-order valence-electron chi connectivity index (χ1n) is 5.62. The van der Waals surface area contributed by atoms with Crippen LogP contribution in [0.3, 0.4) is 0 Å². The van der Waals surface area contributed by atoms with Crippen LogP contribution in [-0.4, -0.2) is 39.5 Å². The Morgan fingerprint density at radius 2 is 2.16 bits per heavy atom. The van der Waals surface area contributed by atoms with E-state index in [2.05, 4.69) is 21.1 Å². The van der Waals surface area contributed by atoms with E-state index in [4.69, 9.17) is 10.9 Å². The van der Waals surface area contributed by atoms with Crippen LogP contribution in [0.15, 0.2) is 27.8 Å². The van der Waals surface area contributed by atoms with Gasteiger partial charge in [-0.1, -0.05) is 5.16 Å². The van der Waals surface area contributed by atoms with Gasteiger partial charge in [0, 0.05) is 11.6 Å². The summed E-state index contributed by atoms with van der Waals surface area (Å²) >= 11 is 3.15. The Bertz CT molecular complexity index is 503. The molecular formula is C12H16BrN3O3. The van der Waals surface area contributed by atoms with E-state index in [-0.39, 0.29) is 30.1 Å². The van der Waals surface area contributed by atoms with Crippen LogP contribution in [0.5, 0.6) is 5.75 Å². The number of phenolic OH excluding ortho intramolecular Hbond substituents is 1. The molecule has 1 rings (SSSR count). The monoisotopic (exact) mass is 329 g/mol. The predicted molar refractivity (Wildman–Crippen MR) is 75.4 cm³/mol. The Kier molecular flexibility index (Phi) is 5.17. The third-order valence-electron chi connectivity index (χ3n) is 2.54. The van der Waals surface area contributed by atoms with Gasteiger partial charge in [0.05, 0.1) is 11.0 Å². The van der Waals surface area contributed by atoms with E-state index in [9.17, 15) is 9.90 Å². The summed E-state index contributed by atoms with van der Waals surface area (Å²) in [6.45, 7) is 3.66. The molecule has 0 unspecified atom stereocenters. The zero-order chi connectivity index (χ0) is 14.6. The number of aromatic hydroxyl groups is 1. The molecule has 0 saturated heterocycles. The van der Waals surface area contributed by atoms with Crippen LogP contribution in [0.25, 0.3) is 0 Å². The second-order valence-electron chi connectivity index (χ2n) is 4.28. The molecule has 0 heterocycles. The third-order valence-corrected chi connectivity index (χ3v) is 3.21. The molecule has 0 aliphatic rings. The zero-order valence-electron chi connectivity index (χ0n) is 10.7. The maximum absolute atomic E-state index is 12.3. The summed E-state index contributed by atoms with van der Waals surface area (Å²) in [7, 11) is 0. The van der Waals surface area contributed by atoms with E-state index in [1.807, 2.05) is 13.8 Å². The van der Waals surface area contributed by atoms with E-state index in [0.717, 1.165) is 0 Å². The normalized spacial score (nSPS) is 11.7. The first-order chi connectivity index (χ1) is 8.86. The summed E-state index contributed by atoms with van der Waals surface area (Å²) in [5.74, 6) is -0.369. The Balaban J connectivity index is 3.02. The van der Waals surface area contributed by atoms with Crippen molar-refractivity contribution >= 4 is 27.7 Å². The Morgan fingerprint density at radius 1 is 1.53 bits per heavy atom. The molecule has 0 spiro atoms. The van der Waals surface area contributed by atoms with Gasteiger partial charge in [-0.3, -0.25) is 4.79 Å². The van der Waals surface area contributed by atoms with Crippen LogP contribution < -0.4 is 5.73 Å². The van der Waals surface area contributed by atoms with Gasteiger partial charge in [-0.05, 0) is 48.0 Å². The van der Waals surface area contributed by atoms with Crippen molar-refractivity contribution < 1.29 is 15.1 Å². The summed E-state index contributed by atoms with van der Waals surface area (Å²) in [5, 5.41) is 21.0. The Morgan fingerprint density at radius 3 is 2.63 bits per heavy atom. The molecule has 0 bridgehead atoms. The molecule has 4 N–H and O–H groups in total. The number of halogens is 1. The summed E-state index contributed by atoms with van der Waals surface area (Å²) in [6.07, 6.45) is 0. The lowest BCUT2D eigenvalue weighted by atomic mass is 10.1. The second-order valence-corrected chi connectivity index (χ2v) is 5.14. The summed E-state index contributed by atoms with van der Waals surface area (Å²) in [6, 6.07) is 4.42. The second kappa shape index (κ2) is 6.42. The quantitative estimate of drug-likeness (QED) is 0.339. The highest BCUT2D eigenvalue weighted by molar-refractivity contribution is 9.10. The van der Waals surface area contributed by atoms with Gasteiger partial charge in [-0.2, -0.15) is 0 Å². The fourth-order valence-electron chi connectivity index (χ4n) is 1.51. The van der Waals surface area contributed by atoms with E-state index in [0.29, 0.717) is 10.0 Å². The number of nitrogens with two attached hydrogens (primary N) is 1. The van der Waals surface area contributed by atoms with Crippen LogP contribution in [-0.2, 0) is 0 Å². The average Bonchev–Trinajstić information content (AvgIpc) is 2.37. The molecule has 0 aliphatic heterocycles. The number of phenols is 1. The molecule has 1 aromatic carbocycles. The standard InChI is InChI=1S/C12H16BrN3O3/c1-7(2)16(6-11(14)15-19)12(18)8-3-4-9(13)10(17)5-8/h3-5,7,17,19H,6H2,1-2H3,(H2,14,15). The predicted octanol–water partition coefficient (Wildman–Crippen LogP) is 1.75. The molecule has 0 atom stereocenters. The van der Waals surface area contributed by atoms with Crippen LogP contribution in [0.2, 0.25) is 0 Å². The lowest BCUT2D eigenvalue weighted by molar-refractivity contribution is 0.0733. The molecule has 7 heteroatoms. The number of rotatable bonds is 4. The van der Waals surface area contributed by atoms with E-state index < -0.39 is 0 Å². The molecular weight excluding hydrogens is 314 g/mol. The lowest BCUT2D eigenvalue weighted by Crippen LogP contribution is -2.42. The summed E-state index contributed by atoms with van der Waals surface area (Å²) < 4.78 is 0.511. The number of carbonyl (C=O) groups is 1. The number of amides is 1. The van der Waals surface area contributed by atoms with Crippen molar-refractivity contribution in [3.8, 4) is 5.75 Å². The number of amidine groups is 1. The topological polar surface area (TPSA) is 99.1 Å². The van der Waals surface area contributed by atoms with Crippen molar-refractivity contribution in [2.24, 2.45) is 10.9 Å². The number of benzene rings is 1. The van der Waals surface area contributed by atoms with Crippen LogP contribution >= 0.6 is 15.9 Å². The smallest absolute Gasteiger partial charge is 0.254 e. The minimum Gasteiger partial charge on any atom is -0.507 e. The molecule has 0 aliphatic carbocycles. The van der Waals surface area contributed by atoms with E-state index in [1.165, 1.54) is 11.0 Å². The zero-order valence-corrected chi connectivity index (χ0v) is 12.3. The number of hydrogen-bond donors (Lipinski definition) is 3. The highest BCUT2D eigenvalue weighted by Crippen LogP contribution is 2.25. The number of carbonyl (C=O) groups excluding carboxylic acids is 1. The molecule has 104 valence electrons. The van der Waals surface area contributed by atoms with Crippen molar-refractivity contribution in [1.82, 2.24) is 4.90 Å². The average molecular weight is 330 g/mol. The molecule has 0 radical (unpaired) electrons. The van der Waals surface area contributed by atoms with E-state index in [1.54, 1.807) is 12.1 Å². The van der Waals surface area contributed by atoms with Crippen LogP contribution in [0, 0.1) is 0 Å². The first kappa shape index (κ1) is 15.3. The van der Waals surface area contributed by atoms with Gasteiger partial charge in [0.2, 0.25) is 0 Å². The largest absolute Gasteiger partial charge is 0.507 e. The van der Waals surface area contributed by atoms with E-state index >= 15 is 0 Å². The van der Waals surface area contributed by atoms with Gasteiger partial charge in [-0.25, -0.2) is 0 Å². The minimum atomic E-state index is -0.301. The van der Waals surface area contributed by atoms with Crippen molar-refractivity contribution in [3.05, 3.63) is 28.2 Å². The highest BCUT2D eigenvalue weighted by Gasteiger charge is 2.20. The van der Waals surface area contributed by atoms with Crippen LogP contribution in [0.1, 0.15) is 24.2 Å². The number of oxime groups is 1. The van der Waals surface area contributed by atoms with Crippen molar-refractivity contribution in [3.63, 3.8) is 0 Å². The van der Waals surface area contributed by atoms with Gasteiger partial charge in [-0.15, -0.1) is 0 Å². The Hall–Kier alpha value is -1.76. The van der Waals surface area contributed by atoms with Gasteiger partial charge in [0.25, 0.3) is 5.91 Å². The third kappa shape index (κ3) is 3.85. The molecule has 0 fully saturated rings.